The van der Waals surface area contributed by atoms with Crippen molar-refractivity contribution in [2.45, 2.75) is 19.4 Å². The number of nitrogens with zero attached hydrogens (tertiary/aromatic N) is 1. The minimum Gasteiger partial charge on any atom is -0.329 e. The highest BCUT2D eigenvalue weighted by molar-refractivity contribution is 7.58. The fourth-order valence-electron chi connectivity index (χ4n) is 0.776. The SMILES string of the molecule is CCO[P@](C)(=O)CC[C@H](N)C#N. The Morgan fingerprint density at radius 3 is 2.75 bits per heavy atom. The molecule has 0 saturated heterocycles. The Kier molecular flexibility index (Phi) is 5.16. The van der Waals surface area contributed by atoms with Gasteiger partial charge in [-0.3, -0.25) is 4.57 Å². The van der Waals surface area contributed by atoms with E-state index in [4.69, 9.17) is 15.5 Å². The van der Waals surface area contributed by atoms with Gasteiger partial charge in [-0.15, -0.1) is 0 Å². The molecule has 0 aromatic heterocycles. The van der Waals surface area contributed by atoms with Gasteiger partial charge in [0.15, 0.2) is 7.37 Å². The summed E-state index contributed by atoms with van der Waals surface area (Å²) in [6, 6.07) is 1.35. The number of hydrogen-bond donors (Lipinski definition) is 1. The molecule has 5 heteroatoms. The Morgan fingerprint density at radius 2 is 2.33 bits per heavy atom. The summed E-state index contributed by atoms with van der Waals surface area (Å²) in [5, 5.41) is 8.36. The summed E-state index contributed by atoms with van der Waals surface area (Å²) in [5.74, 6) is 0. The van der Waals surface area contributed by atoms with Gasteiger partial charge in [-0.1, -0.05) is 0 Å². The van der Waals surface area contributed by atoms with Crippen LogP contribution in [0.2, 0.25) is 0 Å². The van der Waals surface area contributed by atoms with Crippen molar-refractivity contribution >= 4 is 7.37 Å². The van der Waals surface area contributed by atoms with Gasteiger partial charge >= 0.3 is 0 Å². The number of rotatable bonds is 5. The summed E-state index contributed by atoms with van der Waals surface area (Å²) in [7, 11) is -2.49. The third kappa shape index (κ3) is 5.31. The molecule has 0 aliphatic heterocycles. The maximum Gasteiger partial charge on any atom is 0.200 e. The first-order valence-corrected chi connectivity index (χ1v) is 6.14. The summed E-state index contributed by atoms with van der Waals surface area (Å²) >= 11 is 0. The highest BCUT2D eigenvalue weighted by Crippen LogP contribution is 2.42. The van der Waals surface area contributed by atoms with E-state index < -0.39 is 13.4 Å². The second-order valence-electron chi connectivity index (χ2n) is 2.68. The second-order valence-corrected chi connectivity index (χ2v) is 5.41. The summed E-state index contributed by atoms with van der Waals surface area (Å²) in [6.45, 7) is 3.80. The van der Waals surface area contributed by atoms with Gasteiger partial charge in [-0.2, -0.15) is 5.26 Å². The van der Waals surface area contributed by atoms with E-state index in [9.17, 15) is 4.57 Å². The fourth-order valence-corrected chi connectivity index (χ4v) is 2.20. The quantitative estimate of drug-likeness (QED) is 0.660. The second kappa shape index (κ2) is 5.31. The predicted octanol–water partition coefficient (Wildman–Crippen LogP) is 1.17. The fraction of sp³-hybridized carbons (Fsp3) is 0.857. The van der Waals surface area contributed by atoms with Gasteiger partial charge in [-0.05, 0) is 13.3 Å². The molecule has 0 saturated carbocycles. The minimum atomic E-state index is -2.49. The molecule has 0 aromatic rings. The normalized spacial score (nSPS) is 17.8. The van der Waals surface area contributed by atoms with E-state index in [1.165, 1.54) is 0 Å². The van der Waals surface area contributed by atoms with Crippen molar-refractivity contribution in [3.63, 3.8) is 0 Å². The molecule has 0 aliphatic rings. The zero-order valence-corrected chi connectivity index (χ0v) is 8.38. The van der Waals surface area contributed by atoms with E-state index in [1.807, 2.05) is 6.07 Å². The lowest BCUT2D eigenvalue weighted by molar-refractivity contribution is 0.336. The van der Waals surface area contributed by atoms with Crippen LogP contribution in [0.25, 0.3) is 0 Å². The zero-order chi connectivity index (χ0) is 9.61. The lowest BCUT2D eigenvalue weighted by Crippen LogP contribution is -2.18. The highest BCUT2D eigenvalue weighted by Gasteiger charge is 2.16. The Bertz CT molecular complexity index is 212. The molecule has 2 atom stereocenters. The van der Waals surface area contributed by atoms with E-state index in [0.717, 1.165) is 0 Å². The van der Waals surface area contributed by atoms with Crippen molar-refractivity contribution in [1.82, 2.24) is 0 Å². The predicted molar refractivity (Wildman–Crippen MR) is 48.2 cm³/mol. The average molecular weight is 190 g/mol. The Labute approximate surface area is 73.2 Å². The van der Waals surface area contributed by atoms with E-state index in [0.29, 0.717) is 19.2 Å². The maximum absolute atomic E-state index is 11.4. The van der Waals surface area contributed by atoms with Gasteiger partial charge in [0.1, 0.15) is 0 Å². The zero-order valence-electron chi connectivity index (χ0n) is 7.49. The van der Waals surface area contributed by atoms with Crippen molar-refractivity contribution in [2.75, 3.05) is 19.4 Å². The Morgan fingerprint density at radius 1 is 1.75 bits per heavy atom. The first-order valence-electron chi connectivity index (χ1n) is 3.88. The topological polar surface area (TPSA) is 76.1 Å². The summed E-state index contributed by atoms with van der Waals surface area (Å²) in [4.78, 5) is 0. The van der Waals surface area contributed by atoms with Crippen LogP contribution >= 0.6 is 7.37 Å². The molecular weight excluding hydrogens is 175 g/mol. The lowest BCUT2D eigenvalue weighted by atomic mass is 10.3. The van der Waals surface area contributed by atoms with Gasteiger partial charge in [0.25, 0.3) is 0 Å². The third-order valence-corrected chi connectivity index (χ3v) is 3.29. The van der Waals surface area contributed by atoms with Gasteiger partial charge in [0.2, 0.25) is 0 Å². The summed E-state index contributed by atoms with van der Waals surface area (Å²) in [5.41, 5.74) is 5.34. The number of nitriles is 1. The first-order chi connectivity index (χ1) is 5.52. The minimum absolute atomic E-state index is 0.384. The van der Waals surface area contributed by atoms with Crippen molar-refractivity contribution in [3.05, 3.63) is 0 Å². The molecule has 0 fully saturated rings. The smallest absolute Gasteiger partial charge is 0.200 e. The van der Waals surface area contributed by atoms with Gasteiger partial charge < -0.3 is 10.3 Å². The molecule has 70 valence electrons. The van der Waals surface area contributed by atoms with Crippen LogP contribution in [-0.2, 0) is 9.09 Å². The molecule has 12 heavy (non-hydrogen) atoms. The van der Waals surface area contributed by atoms with Crippen molar-refractivity contribution in [3.8, 4) is 6.07 Å². The van der Waals surface area contributed by atoms with Gasteiger partial charge in [-0.25, -0.2) is 0 Å². The lowest BCUT2D eigenvalue weighted by Gasteiger charge is -2.12. The molecule has 2 N–H and O–H groups in total. The van der Waals surface area contributed by atoms with Crippen LogP contribution in [0.4, 0.5) is 0 Å². The molecule has 0 rings (SSSR count). The van der Waals surface area contributed by atoms with Crippen LogP contribution in [0, 0.1) is 11.3 Å². The monoisotopic (exact) mass is 190 g/mol. The van der Waals surface area contributed by atoms with Crippen LogP contribution < -0.4 is 5.73 Å². The molecule has 0 spiro atoms. The molecule has 0 unspecified atom stereocenters. The van der Waals surface area contributed by atoms with E-state index in [1.54, 1.807) is 13.6 Å². The van der Waals surface area contributed by atoms with Crippen molar-refractivity contribution < 1.29 is 9.09 Å². The number of hydrogen-bond acceptors (Lipinski definition) is 4. The van der Waals surface area contributed by atoms with Gasteiger partial charge in [0, 0.05) is 12.8 Å². The van der Waals surface area contributed by atoms with Crippen molar-refractivity contribution in [2.24, 2.45) is 5.73 Å². The molecule has 0 bridgehead atoms. The summed E-state index contributed by atoms with van der Waals surface area (Å²) in [6.07, 6.45) is 0.819. The molecule has 0 aliphatic carbocycles. The number of nitrogens with two attached hydrogens (primary N) is 1. The van der Waals surface area contributed by atoms with E-state index in [2.05, 4.69) is 0 Å². The summed E-state index contributed by atoms with van der Waals surface area (Å²) < 4.78 is 16.5. The Hall–Kier alpha value is -0.360. The molecule has 0 radical (unpaired) electrons. The molecule has 0 aromatic carbocycles. The van der Waals surface area contributed by atoms with E-state index in [-0.39, 0.29) is 0 Å². The standard InChI is InChI=1S/C7H15N2O2P/c1-3-11-12(2,10)5-4-7(9)6-8/h7H,3-5,9H2,1-2H3/t7-,12-/m0/s1. The highest BCUT2D eigenvalue weighted by atomic mass is 31.2. The molecule has 4 nitrogen and oxygen atoms in total. The van der Waals surface area contributed by atoms with Crippen molar-refractivity contribution in [1.29, 1.82) is 5.26 Å². The maximum atomic E-state index is 11.4. The van der Waals surface area contributed by atoms with Crippen LogP contribution in [0.15, 0.2) is 0 Å². The van der Waals surface area contributed by atoms with Gasteiger partial charge in [0.05, 0.1) is 18.7 Å². The molecule has 0 amide bonds. The van der Waals surface area contributed by atoms with Crippen LogP contribution in [0.5, 0.6) is 0 Å². The third-order valence-electron chi connectivity index (χ3n) is 1.41. The van der Waals surface area contributed by atoms with Crippen LogP contribution in [0.3, 0.4) is 0 Å². The molecule has 0 heterocycles. The molecular formula is C7H15N2O2P. The Balaban J connectivity index is 3.77. The first kappa shape index (κ1) is 11.6. The largest absolute Gasteiger partial charge is 0.329 e. The average Bonchev–Trinajstić information content (AvgIpc) is 2.00. The van der Waals surface area contributed by atoms with E-state index >= 15 is 0 Å². The van der Waals surface area contributed by atoms with Crippen LogP contribution in [0.1, 0.15) is 13.3 Å². The van der Waals surface area contributed by atoms with Crippen LogP contribution in [-0.4, -0.2) is 25.5 Å².